The number of amides is 1. The van der Waals surface area contributed by atoms with E-state index in [0.717, 1.165) is 60.9 Å². The zero-order valence-corrected chi connectivity index (χ0v) is 20.3. The number of likely N-dealkylation sites (tertiary alicyclic amines) is 1. The van der Waals surface area contributed by atoms with Gasteiger partial charge in [0.1, 0.15) is 0 Å². The van der Waals surface area contributed by atoms with E-state index < -0.39 is 0 Å². The minimum Gasteiger partial charge on any atom is -0.342 e. The molecule has 0 spiro atoms. The van der Waals surface area contributed by atoms with Crippen molar-refractivity contribution in [2.75, 3.05) is 13.1 Å². The lowest BCUT2D eigenvalue weighted by atomic mass is 9.49. The van der Waals surface area contributed by atoms with E-state index in [0.29, 0.717) is 11.3 Å². The zero-order chi connectivity index (χ0) is 21.9. The maximum Gasteiger partial charge on any atom is 0.230 e. The first-order valence-electron chi connectivity index (χ1n) is 13.9. The SMILES string of the molecule is C[C@H]1CC[C@@H]2C3CC[C@@]4(C)C(CC[C@@H]4CN4CC[C@H](c5ccccc5)C4=O)[C@@H]3CC[C@@H]2C1. The molecule has 5 aliphatic rings. The van der Waals surface area contributed by atoms with Crippen LogP contribution in [-0.2, 0) is 4.79 Å². The van der Waals surface area contributed by atoms with Crippen LogP contribution in [0.2, 0.25) is 0 Å². The lowest BCUT2D eigenvalue weighted by molar-refractivity contribution is -0.130. The van der Waals surface area contributed by atoms with Crippen molar-refractivity contribution in [3.8, 4) is 0 Å². The van der Waals surface area contributed by atoms with E-state index in [1.54, 1.807) is 0 Å². The monoisotopic (exact) mass is 433 g/mol. The van der Waals surface area contributed by atoms with Crippen LogP contribution < -0.4 is 0 Å². The molecule has 1 saturated heterocycles. The lowest BCUT2D eigenvalue weighted by Gasteiger charge is -2.56. The molecule has 1 heterocycles. The molecule has 0 radical (unpaired) electrons. The van der Waals surface area contributed by atoms with Gasteiger partial charge < -0.3 is 4.90 Å². The molecule has 9 atom stereocenters. The third-order valence-electron chi connectivity index (χ3n) is 11.4. The van der Waals surface area contributed by atoms with Crippen molar-refractivity contribution < 1.29 is 4.79 Å². The first kappa shape index (κ1) is 21.2. The first-order valence-corrected chi connectivity index (χ1v) is 13.9. The van der Waals surface area contributed by atoms with Gasteiger partial charge in [0, 0.05) is 13.1 Å². The smallest absolute Gasteiger partial charge is 0.230 e. The van der Waals surface area contributed by atoms with Gasteiger partial charge in [-0.3, -0.25) is 4.79 Å². The molecule has 4 saturated carbocycles. The Labute approximate surface area is 195 Å². The Morgan fingerprint density at radius 2 is 1.72 bits per heavy atom. The highest BCUT2D eigenvalue weighted by Crippen LogP contribution is 2.64. The van der Waals surface area contributed by atoms with Gasteiger partial charge in [0.05, 0.1) is 5.92 Å². The maximum atomic E-state index is 13.3. The van der Waals surface area contributed by atoms with Crippen LogP contribution in [0.5, 0.6) is 0 Å². The summed E-state index contributed by atoms with van der Waals surface area (Å²) >= 11 is 0. The van der Waals surface area contributed by atoms with Gasteiger partial charge >= 0.3 is 0 Å². The third kappa shape index (κ3) is 3.38. The Morgan fingerprint density at radius 1 is 0.906 bits per heavy atom. The van der Waals surface area contributed by atoms with Gasteiger partial charge in [-0.2, -0.15) is 0 Å². The molecule has 1 amide bonds. The Morgan fingerprint density at radius 3 is 2.56 bits per heavy atom. The van der Waals surface area contributed by atoms with Crippen LogP contribution in [0.25, 0.3) is 0 Å². The summed E-state index contributed by atoms with van der Waals surface area (Å²) in [6.07, 6.45) is 14.2. The average molecular weight is 434 g/mol. The fraction of sp³-hybridized carbons (Fsp3) is 0.767. The van der Waals surface area contributed by atoms with Gasteiger partial charge in [0.2, 0.25) is 5.91 Å². The molecule has 32 heavy (non-hydrogen) atoms. The molecule has 1 aromatic carbocycles. The molecule has 0 N–H and O–H groups in total. The molecule has 2 nitrogen and oxygen atoms in total. The summed E-state index contributed by atoms with van der Waals surface area (Å²) in [5.74, 6) is 7.20. The molecular weight excluding hydrogens is 390 g/mol. The van der Waals surface area contributed by atoms with E-state index in [-0.39, 0.29) is 5.92 Å². The van der Waals surface area contributed by atoms with Crippen molar-refractivity contribution in [3.05, 3.63) is 35.9 Å². The van der Waals surface area contributed by atoms with Crippen molar-refractivity contribution in [2.45, 2.75) is 84.0 Å². The van der Waals surface area contributed by atoms with Crippen LogP contribution in [0.15, 0.2) is 30.3 Å². The van der Waals surface area contributed by atoms with Gasteiger partial charge in [-0.1, -0.05) is 50.6 Å². The maximum absolute atomic E-state index is 13.3. The molecule has 2 heteroatoms. The standard InChI is InChI=1S/C30H43NO/c1-20-8-11-24-22(18-20)9-12-27-26(24)14-16-30(2)23(10-13-28(27)30)19-31-17-15-25(29(31)32)21-6-4-3-5-7-21/h3-7,20,22-28H,8-19H2,1-2H3/t20-,22+,23+,24-,25+,26?,27+,28?,30+/m0/s1. The van der Waals surface area contributed by atoms with Crippen molar-refractivity contribution in [1.82, 2.24) is 4.90 Å². The number of hydrogen-bond acceptors (Lipinski definition) is 1. The van der Waals surface area contributed by atoms with Crippen LogP contribution >= 0.6 is 0 Å². The van der Waals surface area contributed by atoms with Crippen LogP contribution in [0.4, 0.5) is 0 Å². The number of hydrogen-bond donors (Lipinski definition) is 0. The second-order valence-electron chi connectivity index (χ2n) is 12.7. The van der Waals surface area contributed by atoms with Crippen molar-refractivity contribution >= 4 is 5.91 Å². The Kier molecular flexibility index (Phi) is 5.42. The van der Waals surface area contributed by atoms with E-state index in [2.05, 4.69) is 49.1 Å². The molecule has 174 valence electrons. The highest BCUT2D eigenvalue weighted by atomic mass is 16.2. The molecule has 6 rings (SSSR count). The predicted molar refractivity (Wildman–Crippen MR) is 130 cm³/mol. The van der Waals surface area contributed by atoms with Crippen molar-refractivity contribution in [2.24, 2.45) is 46.8 Å². The third-order valence-corrected chi connectivity index (χ3v) is 11.4. The predicted octanol–water partition coefficient (Wildman–Crippen LogP) is 6.91. The first-order chi connectivity index (χ1) is 15.5. The van der Waals surface area contributed by atoms with Gasteiger partial charge in [-0.15, -0.1) is 0 Å². The summed E-state index contributed by atoms with van der Waals surface area (Å²) in [6.45, 7) is 7.11. The fourth-order valence-corrected chi connectivity index (χ4v) is 9.68. The van der Waals surface area contributed by atoms with Crippen LogP contribution in [-0.4, -0.2) is 23.9 Å². The summed E-state index contributed by atoms with van der Waals surface area (Å²) < 4.78 is 0. The van der Waals surface area contributed by atoms with E-state index in [1.807, 2.05) is 0 Å². The Bertz CT molecular complexity index is 834. The van der Waals surface area contributed by atoms with Gasteiger partial charge in [0.15, 0.2) is 0 Å². The lowest BCUT2D eigenvalue weighted by Crippen LogP contribution is -2.49. The average Bonchev–Trinajstić information content (AvgIpc) is 3.34. The quantitative estimate of drug-likeness (QED) is 0.507. The number of carbonyl (C=O) groups excluding carboxylic acids is 1. The second kappa shape index (κ2) is 8.17. The van der Waals surface area contributed by atoms with Gasteiger partial charge in [0.25, 0.3) is 0 Å². The summed E-state index contributed by atoms with van der Waals surface area (Å²) in [5.41, 5.74) is 1.69. The summed E-state index contributed by atoms with van der Waals surface area (Å²) in [5, 5.41) is 0. The zero-order valence-electron chi connectivity index (χ0n) is 20.3. The topological polar surface area (TPSA) is 20.3 Å². The van der Waals surface area contributed by atoms with E-state index in [4.69, 9.17) is 0 Å². The van der Waals surface area contributed by atoms with Gasteiger partial charge in [-0.05, 0) is 110 Å². The largest absolute Gasteiger partial charge is 0.342 e. The highest BCUT2D eigenvalue weighted by Gasteiger charge is 2.57. The molecular formula is C30H43NO. The van der Waals surface area contributed by atoms with Crippen LogP contribution in [0.1, 0.15) is 89.5 Å². The molecule has 2 unspecified atom stereocenters. The Hall–Kier alpha value is -1.31. The number of benzene rings is 1. The normalized spacial score (nSPS) is 45.9. The molecule has 1 aliphatic heterocycles. The van der Waals surface area contributed by atoms with Crippen molar-refractivity contribution in [1.29, 1.82) is 0 Å². The summed E-state index contributed by atoms with van der Waals surface area (Å²) in [4.78, 5) is 15.5. The van der Waals surface area contributed by atoms with E-state index in [1.165, 1.54) is 63.4 Å². The van der Waals surface area contributed by atoms with Crippen molar-refractivity contribution in [3.63, 3.8) is 0 Å². The van der Waals surface area contributed by atoms with Crippen LogP contribution in [0.3, 0.4) is 0 Å². The second-order valence-corrected chi connectivity index (χ2v) is 12.7. The number of carbonyl (C=O) groups is 1. The summed E-state index contributed by atoms with van der Waals surface area (Å²) in [7, 11) is 0. The molecule has 0 aromatic heterocycles. The van der Waals surface area contributed by atoms with Crippen LogP contribution in [0, 0.1) is 46.8 Å². The molecule has 4 aliphatic carbocycles. The molecule has 5 fully saturated rings. The minimum atomic E-state index is 0.0981. The van der Waals surface area contributed by atoms with E-state index in [9.17, 15) is 4.79 Å². The highest BCUT2D eigenvalue weighted by molar-refractivity contribution is 5.85. The van der Waals surface area contributed by atoms with E-state index >= 15 is 0 Å². The molecule has 1 aromatic rings. The number of rotatable bonds is 3. The Balaban J connectivity index is 1.14. The van der Waals surface area contributed by atoms with Gasteiger partial charge in [-0.25, -0.2) is 0 Å². The number of nitrogens with zero attached hydrogens (tertiary/aromatic N) is 1. The molecule has 0 bridgehead atoms. The fourth-order valence-electron chi connectivity index (χ4n) is 9.68. The number of fused-ring (bicyclic) bond motifs is 5. The summed E-state index contributed by atoms with van der Waals surface area (Å²) in [6, 6.07) is 10.5. The minimum absolute atomic E-state index is 0.0981.